The van der Waals surface area contributed by atoms with Crippen LogP contribution in [0.4, 0.5) is 5.69 Å². The fourth-order valence-corrected chi connectivity index (χ4v) is 3.41. The quantitative estimate of drug-likeness (QED) is 0.887. The van der Waals surface area contributed by atoms with E-state index in [2.05, 4.69) is 48.3 Å². The number of nitrogens with zero attached hydrogens (tertiary/aromatic N) is 3. The van der Waals surface area contributed by atoms with Gasteiger partial charge in [0.15, 0.2) is 0 Å². The van der Waals surface area contributed by atoms with Gasteiger partial charge >= 0.3 is 0 Å². The van der Waals surface area contributed by atoms with Crippen LogP contribution in [0.1, 0.15) is 36.7 Å². The second-order valence-electron chi connectivity index (χ2n) is 6.72. The highest BCUT2D eigenvalue weighted by Gasteiger charge is 2.21. The number of aryl methyl sites for hydroxylation is 2. The lowest BCUT2D eigenvalue weighted by molar-refractivity contribution is -0.115. The van der Waals surface area contributed by atoms with Gasteiger partial charge in [0.25, 0.3) is 0 Å². The minimum Gasteiger partial charge on any atom is -0.326 e. The number of aromatic nitrogens is 2. The van der Waals surface area contributed by atoms with Gasteiger partial charge < -0.3 is 10.2 Å². The number of carbonyl (C=O) groups is 1. The van der Waals surface area contributed by atoms with E-state index in [-0.39, 0.29) is 5.91 Å². The van der Waals surface area contributed by atoms with Crippen LogP contribution in [0.15, 0.2) is 18.2 Å². The van der Waals surface area contributed by atoms with Gasteiger partial charge in [-0.3, -0.25) is 9.48 Å². The SMILES string of the molecule is CCCCN(C)Cc1c(-c2ccc3c(c2)CC(=O)N3)c(C)nn1C. The third-order valence-corrected chi connectivity index (χ3v) is 4.67. The minimum absolute atomic E-state index is 0.0737. The summed E-state index contributed by atoms with van der Waals surface area (Å²) in [6.07, 6.45) is 2.87. The van der Waals surface area contributed by atoms with Gasteiger partial charge in [0.05, 0.1) is 17.8 Å². The molecule has 0 aliphatic carbocycles. The lowest BCUT2D eigenvalue weighted by Crippen LogP contribution is -2.21. The van der Waals surface area contributed by atoms with Crippen molar-refractivity contribution in [3.8, 4) is 11.1 Å². The fraction of sp³-hybridized carbons (Fsp3) is 0.474. The molecule has 1 amide bonds. The fourth-order valence-electron chi connectivity index (χ4n) is 3.41. The van der Waals surface area contributed by atoms with Crippen molar-refractivity contribution in [3.63, 3.8) is 0 Å². The van der Waals surface area contributed by atoms with Crippen molar-refractivity contribution >= 4 is 11.6 Å². The second-order valence-corrected chi connectivity index (χ2v) is 6.72. The van der Waals surface area contributed by atoms with E-state index >= 15 is 0 Å². The van der Waals surface area contributed by atoms with Gasteiger partial charge in [0.2, 0.25) is 5.91 Å². The zero-order chi connectivity index (χ0) is 17.3. The Bertz CT molecular complexity index is 763. The Kier molecular flexibility index (Phi) is 4.71. The Labute approximate surface area is 143 Å². The lowest BCUT2D eigenvalue weighted by atomic mass is 9.99. The number of amides is 1. The van der Waals surface area contributed by atoms with Crippen molar-refractivity contribution in [2.24, 2.45) is 7.05 Å². The molecule has 1 aliphatic heterocycles. The van der Waals surface area contributed by atoms with Crippen LogP contribution >= 0.6 is 0 Å². The average molecular weight is 326 g/mol. The number of fused-ring (bicyclic) bond motifs is 1. The molecular formula is C19H26N4O. The third kappa shape index (κ3) is 3.22. The van der Waals surface area contributed by atoms with Crippen molar-refractivity contribution in [1.82, 2.24) is 14.7 Å². The molecule has 0 bridgehead atoms. The first kappa shape index (κ1) is 16.7. The number of carbonyl (C=O) groups excluding carboxylic acids is 1. The van der Waals surface area contributed by atoms with Gasteiger partial charge in [-0.15, -0.1) is 0 Å². The zero-order valence-electron chi connectivity index (χ0n) is 15.0. The van der Waals surface area contributed by atoms with Crippen LogP contribution in [0.2, 0.25) is 0 Å². The van der Waals surface area contributed by atoms with Crippen LogP contribution < -0.4 is 5.32 Å². The van der Waals surface area contributed by atoms with Crippen LogP contribution in [-0.4, -0.2) is 34.2 Å². The van der Waals surface area contributed by atoms with Crippen molar-refractivity contribution < 1.29 is 4.79 Å². The molecule has 1 aromatic heterocycles. The Hall–Kier alpha value is -2.14. The van der Waals surface area contributed by atoms with Crippen molar-refractivity contribution in [3.05, 3.63) is 35.2 Å². The number of benzene rings is 1. The number of rotatable bonds is 6. The standard InChI is InChI=1S/C19H26N4O/c1-5-6-9-22(3)12-17-19(13(2)21-23(17)4)14-7-8-16-15(10-14)11-18(24)20-16/h7-8,10H,5-6,9,11-12H2,1-4H3,(H,20,24). The highest BCUT2D eigenvalue weighted by molar-refractivity contribution is 5.99. The first-order valence-corrected chi connectivity index (χ1v) is 8.63. The minimum atomic E-state index is 0.0737. The summed E-state index contributed by atoms with van der Waals surface area (Å²) in [5, 5.41) is 7.53. The molecule has 5 heteroatoms. The molecule has 0 spiro atoms. The summed E-state index contributed by atoms with van der Waals surface area (Å²) >= 11 is 0. The van der Waals surface area contributed by atoms with E-state index in [0.717, 1.165) is 35.6 Å². The Balaban J connectivity index is 1.94. The van der Waals surface area contributed by atoms with Crippen molar-refractivity contribution in [2.45, 2.75) is 39.7 Å². The van der Waals surface area contributed by atoms with Gasteiger partial charge in [0, 0.05) is 24.8 Å². The molecule has 1 aliphatic rings. The molecule has 3 rings (SSSR count). The van der Waals surface area contributed by atoms with Crippen LogP contribution in [-0.2, 0) is 24.8 Å². The summed E-state index contributed by atoms with van der Waals surface area (Å²) in [5.41, 5.74) is 6.62. The smallest absolute Gasteiger partial charge is 0.228 e. The van der Waals surface area contributed by atoms with Crippen molar-refractivity contribution in [1.29, 1.82) is 0 Å². The van der Waals surface area contributed by atoms with Crippen LogP contribution in [0, 0.1) is 6.92 Å². The molecule has 128 valence electrons. The number of anilines is 1. The summed E-state index contributed by atoms with van der Waals surface area (Å²) < 4.78 is 1.99. The molecule has 5 nitrogen and oxygen atoms in total. The molecule has 1 N–H and O–H groups in total. The van der Waals surface area contributed by atoms with E-state index in [9.17, 15) is 4.79 Å². The summed E-state index contributed by atoms with van der Waals surface area (Å²) in [7, 11) is 4.17. The molecule has 0 saturated heterocycles. The largest absolute Gasteiger partial charge is 0.326 e. The predicted octanol–water partition coefficient (Wildman–Crippen LogP) is 3.12. The van der Waals surface area contributed by atoms with Gasteiger partial charge in [0.1, 0.15) is 0 Å². The summed E-state index contributed by atoms with van der Waals surface area (Å²) in [6.45, 7) is 6.23. The summed E-state index contributed by atoms with van der Waals surface area (Å²) in [4.78, 5) is 13.9. The maximum absolute atomic E-state index is 11.6. The monoisotopic (exact) mass is 326 g/mol. The maximum Gasteiger partial charge on any atom is 0.228 e. The summed E-state index contributed by atoms with van der Waals surface area (Å²) in [5.74, 6) is 0.0737. The molecule has 0 fully saturated rings. The van der Waals surface area contributed by atoms with Gasteiger partial charge in [-0.2, -0.15) is 5.10 Å². The Morgan fingerprint density at radius 1 is 1.38 bits per heavy atom. The second kappa shape index (κ2) is 6.77. The molecule has 0 atom stereocenters. The molecular weight excluding hydrogens is 300 g/mol. The first-order valence-electron chi connectivity index (χ1n) is 8.63. The molecule has 0 saturated carbocycles. The van der Waals surface area contributed by atoms with Gasteiger partial charge in [-0.25, -0.2) is 0 Å². The molecule has 0 radical (unpaired) electrons. The van der Waals surface area contributed by atoms with Crippen LogP contribution in [0.5, 0.6) is 0 Å². The highest BCUT2D eigenvalue weighted by Crippen LogP contribution is 2.33. The molecule has 24 heavy (non-hydrogen) atoms. The van der Waals surface area contributed by atoms with E-state index < -0.39 is 0 Å². The lowest BCUT2D eigenvalue weighted by Gasteiger charge is -2.18. The van der Waals surface area contributed by atoms with E-state index in [1.807, 2.05) is 17.8 Å². The molecule has 2 aromatic rings. The van der Waals surface area contributed by atoms with Crippen molar-refractivity contribution in [2.75, 3.05) is 18.9 Å². The van der Waals surface area contributed by atoms with Crippen LogP contribution in [0.3, 0.4) is 0 Å². The number of hydrogen-bond acceptors (Lipinski definition) is 3. The number of unbranched alkanes of at least 4 members (excludes halogenated alkanes) is 1. The molecule has 2 heterocycles. The van der Waals surface area contributed by atoms with E-state index in [4.69, 9.17) is 0 Å². The summed E-state index contributed by atoms with van der Waals surface area (Å²) in [6, 6.07) is 6.23. The number of nitrogens with one attached hydrogen (secondary N) is 1. The topological polar surface area (TPSA) is 50.2 Å². The molecule has 0 unspecified atom stereocenters. The van der Waals surface area contributed by atoms with E-state index in [0.29, 0.717) is 6.42 Å². The highest BCUT2D eigenvalue weighted by atomic mass is 16.1. The predicted molar refractivity (Wildman–Crippen MR) is 97.0 cm³/mol. The van der Waals surface area contributed by atoms with E-state index in [1.54, 1.807) is 0 Å². The van der Waals surface area contributed by atoms with Gasteiger partial charge in [-0.05, 0) is 50.2 Å². The first-order chi connectivity index (χ1) is 11.5. The molecule has 1 aromatic carbocycles. The average Bonchev–Trinajstić information content (AvgIpc) is 3.03. The van der Waals surface area contributed by atoms with Crippen LogP contribution in [0.25, 0.3) is 11.1 Å². The zero-order valence-corrected chi connectivity index (χ0v) is 15.0. The maximum atomic E-state index is 11.6. The van der Waals surface area contributed by atoms with E-state index in [1.165, 1.54) is 24.1 Å². The third-order valence-electron chi connectivity index (χ3n) is 4.67. The Morgan fingerprint density at radius 3 is 2.92 bits per heavy atom. The van der Waals surface area contributed by atoms with Gasteiger partial charge in [-0.1, -0.05) is 19.4 Å². The Morgan fingerprint density at radius 2 is 2.17 bits per heavy atom. The normalized spacial score (nSPS) is 13.5. The number of hydrogen-bond donors (Lipinski definition) is 1.